The molecule has 2 aromatic carbocycles. The molecule has 4 rings (SSSR count). The highest BCUT2D eigenvalue weighted by Crippen LogP contribution is 2.32. The van der Waals surface area contributed by atoms with Crippen LogP contribution in [-0.4, -0.2) is 38.6 Å². The molecule has 2 aromatic heterocycles. The summed E-state index contributed by atoms with van der Waals surface area (Å²) < 4.78 is 11.5. The lowest BCUT2D eigenvalue weighted by Crippen LogP contribution is -2.37. The second kappa shape index (κ2) is 10.8. The fraction of sp³-hybridized carbons (Fsp3) is 0.280. The standard InChI is InChI=1S/C25H25ClN4O3S/c1-4-32-21-12-8-6-10-19(21)25-27-17(15-34-25)13-23(31)30(16(2)3)14-22-28-29-24(33-22)18-9-5-7-11-20(18)26/h5-12,15-16H,4,13-14H2,1-3H3. The summed E-state index contributed by atoms with van der Waals surface area (Å²) in [7, 11) is 0. The van der Waals surface area contributed by atoms with Crippen molar-refractivity contribution < 1.29 is 13.9 Å². The van der Waals surface area contributed by atoms with E-state index in [0.717, 1.165) is 16.3 Å². The number of nitrogens with zero attached hydrogens (tertiary/aromatic N) is 4. The Labute approximate surface area is 207 Å². The first-order valence-electron chi connectivity index (χ1n) is 11.0. The molecular formula is C25H25ClN4O3S. The van der Waals surface area contributed by atoms with Crippen LogP contribution in [0.3, 0.4) is 0 Å². The van der Waals surface area contributed by atoms with Gasteiger partial charge in [0.1, 0.15) is 10.8 Å². The SMILES string of the molecule is CCOc1ccccc1-c1nc(CC(=O)N(Cc2nnc(-c3ccccc3Cl)o2)C(C)C)cs1. The topological polar surface area (TPSA) is 81.4 Å². The number of carbonyl (C=O) groups excluding carboxylic acids is 1. The van der Waals surface area contributed by atoms with Crippen LogP contribution in [0.15, 0.2) is 58.3 Å². The zero-order valence-electron chi connectivity index (χ0n) is 19.2. The van der Waals surface area contributed by atoms with Crippen molar-refractivity contribution in [2.75, 3.05) is 6.61 Å². The molecule has 7 nitrogen and oxygen atoms in total. The molecule has 0 spiro atoms. The van der Waals surface area contributed by atoms with Gasteiger partial charge in [0, 0.05) is 11.4 Å². The molecule has 176 valence electrons. The molecule has 0 radical (unpaired) electrons. The summed E-state index contributed by atoms with van der Waals surface area (Å²) in [5, 5.41) is 11.5. The van der Waals surface area contributed by atoms with Crippen molar-refractivity contribution in [3.05, 3.63) is 70.5 Å². The second-order valence-corrected chi connectivity index (χ2v) is 9.11. The number of ether oxygens (including phenoxy) is 1. The van der Waals surface area contributed by atoms with Gasteiger partial charge in [-0.1, -0.05) is 35.9 Å². The number of aromatic nitrogens is 3. The van der Waals surface area contributed by atoms with Crippen LogP contribution < -0.4 is 4.74 Å². The fourth-order valence-electron chi connectivity index (χ4n) is 3.46. The Morgan fingerprint density at radius 2 is 1.85 bits per heavy atom. The van der Waals surface area contributed by atoms with E-state index in [0.29, 0.717) is 34.7 Å². The van der Waals surface area contributed by atoms with E-state index in [1.807, 2.05) is 68.6 Å². The lowest BCUT2D eigenvalue weighted by Gasteiger charge is -2.24. The highest BCUT2D eigenvalue weighted by Gasteiger charge is 2.22. The molecule has 1 amide bonds. The highest BCUT2D eigenvalue weighted by molar-refractivity contribution is 7.13. The molecule has 4 aromatic rings. The Bertz CT molecular complexity index is 1270. The number of rotatable bonds is 9. The van der Waals surface area contributed by atoms with Gasteiger partial charge in [-0.2, -0.15) is 0 Å². The maximum Gasteiger partial charge on any atom is 0.249 e. The van der Waals surface area contributed by atoms with Gasteiger partial charge < -0.3 is 14.1 Å². The molecule has 0 aliphatic rings. The Balaban J connectivity index is 1.47. The van der Waals surface area contributed by atoms with Crippen LogP contribution in [0.25, 0.3) is 22.0 Å². The quantitative estimate of drug-likeness (QED) is 0.287. The molecule has 2 heterocycles. The largest absolute Gasteiger partial charge is 0.493 e. The van der Waals surface area contributed by atoms with Crippen molar-refractivity contribution in [3.63, 3.8) is 0 Å². The van der Waals surface area contributed by atoms with E-state index in [1.165, 1.54) is 11.3 Å². The van der Waals surface area contributed by atoms with E-state index < -0.39 is 0 Å². The van der Waals surface area contributed by atoms with Gasteiger partial charge in [-0.15, -0.1) is 21.5 Å². The lowest BCUT2D eigenvalue weighted by molar-refractivity contribution is -0.133. The fourth-order valence-corrected chi connectivity index (χ4v) is 4.52. The molecule has 0 N–H and O–H groups in total. The van der Waals surface area contributed by atoms with Gasteiger partial charge in [-0.3, -0.25) is 4.79 Å². The number of amides is 1. The number of thiazole rings is 1. The predicted octanol–water partition coefficient (Wildman–Crippen LogP) is 5.89. The first-order valence-corrected chi connectivity index (χ1v) is 12.2. The number of hydrogen-bond acceptors (Lipinski definition) is 7. The maximum absolute atomic E-state index is 13.2. The Morgan fingerprint density at radius 1 is 1.12 bits per heavy atom. The molecule has 0 saturated heterocycles. The zero-order chi connectivity index (χ0) is 24.1. The number of benzene rings is 2. The molecule has 0 aliphatic carbocycles. The van der Waals surface area contributed by atoms with Gasteiger partial charge in [-0.25, -0.2) is 4.98 Å². The highest BCUT2D eigenvalue weighted by atomic mass is 35.5. The smallest absolute Gasteiger partial charge is 0.249 e. The van der Waals surface area contributed by atoms with Crippen LogP contribution in [0.5, 0.6) is 5.75 Å². The summed E-state index contributed by atoms with van der Waals surface area (Å²) in [5.41, 5.74) is 2.30. The lowest BCUT2D eigenvalue weighted by atomic mass is 10.2. The maximum atomic E-state index is 13.2. The summed E-state index contributed by atoms with van der Waals surface area (Å²) >= 11 is 7.73. The van der Waals surface area contributed by atoms with Gasteiger partial charge in [0.25, 0.3) is 0 Å². The Morgan fingerprint density at radius 3 is 2.59 bits per heavy atom. The first-order chi connectivity index (χ1) is 16.5. The Hall–Kier alpha value is -3.23. The summed E-state index contributed by atoms with van der Waals surface area (Å²) in [5.74, 6) is 1.39. The normalized spacial score (nSPS) is 11.1. The third-order valence-corrected chi connectivity index (χ3v) is 6.38. The molecule has 0 bridgehead atoms. The van der Waals surface area contributed by atoms with Crippen molar-refractivity contribution in [2.24, 2.45) is 0 Å². The molecule has 0 fully saturated rings. The number of hydrogen-bond donors (Lipinski definition) is 0. The first kappa shape index (κ1) is 23.9. The van der Waals surface area contributed by atoms with Gasteiger partial charge in [-0.05, 0) is 45.0 Å². The summed E-state index contributed by atoms with van der Waals surface area (Å²) in [6, 6.07) is 15.0. The summed E-state index contributed by atoms with van der Waals surface area (Å²) in [6.07, 6.45) is 0.178. The Kier molecular flexibility index (Phi) is 7.59. The van der Waals surface area contributed by atoms with E-state index in [4.69, 9.17) is 25.7 Å². The van der Waals surface area contributed by atoms with Gasteiger partial charge in [0.15, 0.2) is 0 Å². The van der Waals surface area contributed by atoms with Crippen molar-refractivity contribution in [2.45, 2.75) is 39.8 Å². The van der Waals surface area contributed by atoms with Crippen LogP contribution in [-0.2, 0) is 17.8 Å². The van der Waals surface area contributed by atoms with E-state index in [-0.39, 0.29) is 24.9 Å². The third-order valence-electron chi connectivity index (χ3n) is 5.12. The van der Waals surface area contributed by atoms with Crippen molar-refractivity contribution >= 4 is 28.8 Å². The van der Waals surface area contributed by atoms with Crippen LogP contribution in [0.4, 0.5) is 0 Å². The van der Waals surface area contributed by atoms with Crippen LogP contribution in [0, 0.1) is 0 Å². The van der Waals surface area contributed by atoms with Crippen LogP contribution >= 0.6 is 22.9 Å². The van der Waals surface area contributed by atoms with Crippen molar-refractivity contribution in [1.82, 2.24) is 20.1 Å². The van der Waals surface area contributed by atoms with E-state index in [1.54, 1.807) is 11.0 Å². The minimum atomic E-state index is -0.0672. The monoisotopic (exact) mass is 496 g/mol. The average Bonchev–Trinajstić information content (AvgIpc) is 3.48. The number of para-hydroxylation sites is 1. The molecular weight excluding hydrogens is 472 g/mol. The summed E-state index contributed by atoms with van der Waals surface area (Å²) in [4.78, 5) is 19.6. The van der Waals surface area contributed by atoms with E-state index >= 15 is 0 Å². The van der Waals surface area contributed by atoms with Crippen LogP contribution in [0.2, 0.25) is 5.02 Å². The molecule has 0 aliphatic heterocycles. The molecule has 9 heteroatoms. The zero-order valence-corrected chi connectivity index (χ0v) is 20.8. The van der Waals surface area contributed by atoms with E-state index in [9.17, 15) is 4.79 Å². The minimum absolute atomic E-state index is 0.0556. The van der Waals surface area contributed by atoms with Gasteiger partial charge in [0.2, 0.25) is 17.7 Å². The van der Waals surface area contributed by atoms with Gasteiger partial charge in [0.05, 0.1) is 41.4 Å². The summed E-state index contributed by atoms with van der Waals surface area (Å²) in [6.45, 7) is 6.63. The molecule has 34 heavy (non-hydrogen) atoms. The number of carbonyl (C=O) groups is 1. The molecule has 0 atom stereocenters. The third kappa shape index (κ3) is 5.46. The molecule has 0 saturated carbocycles. The van der Waals surface area contributed by atoms with Gasteiger partial charge >= 0.3 is 0 Å². The minimum Gasteiger partial charge on any atom is -0.493 e. The molecule has 0 unspecified atom stereocenters. The second-order valence-electron chi connectivity index (χ2n) is 7.85. The van der Waals surface area contributed by atoms with Crippen molar-refractivity contribution in [3.8, 4) is 27.8 Å². The van der Waals surface area contributed by atoms with Crippen molar-refractivity contribution in [1.29, 1.82) is 0 Å². The van der Waals surface area contributed by atoms with E-state index in [2.05, 4.69) is 10.2 Å². The predicted molar refractivity (Wildman–Crippen MR) is 133 cm³/mol. The average molecular weight is 497 g/mol. The van der Waals surface area contributed by atoms with Crippen LogP contribution in [0.1, 0.15) is 32.4 Å². The number of halogens is 1.